The zero-order valence-corrected chi connectivity index (χ0v) is 13.3. The van der Waals surface area contributed by atoms with E-state index < -0.39 is 17.7 Å². The van der Waals surface area contributed by atoms with Gasteiger partial charge >= 0.3 is 0 Å². The molecule has 0 radical (unpaired) electrons. The van der Waals surface area contributed by atoms with Crippen molar-refractivity contribution in [1.29, 1.82) is 5.26 Å². The van der Waals surface area contributed by atoms with E-state index in [9.17, 15) is 13.6 Å². The number of halogens is 2. The molecule has 1 aromatic carbocycles. The molecule has 1 N–H and O–H groups in total. The van der Waals surface area contributed by atoms with Crippen molar-refractivity contribution in [1.82, 2.24) is 10.3 Å². The Morgan fingerprint density at radius 3 is 2.87 bits per heavy atom. The van der Waals surface area contributed by atoms with Gasteiger partial charge in [-0.2, -0.15) is 5.26 Å². The number of amides is 1. The van der Waals surface area contributed by atoms with Crippen LogP contribution < -0.4 is 5.32 Å². The third kappa shape index (κ3) is 4.83. The maximum atomic E-state index is 13.7. The Morgan fingerprint density at radius 2 is 2.26 bits per heavy atom. The van der Waals surface area contributed by atoms with Gasteiger partial charge in [0.25, 0.3) is 0 Å². The summed E-state index contributed by atoms with van der Waals surface area (Å²) in [7, 11) is 0. The molecule has 23 heavy (non-hydrogen) atoms. The molecule has 0 aliphatic rings. The maximum absolute atomic E-state index is 13.7. The number of aromatic nitrogens is 1. The molecule has 0 fully saturated rings. The van der Waals surface area contributed by atoms with Crippen molar-refractivity contribution >= 4 is 17.2 Å². The summed E-state index contributed by atoms with van der Waals surface area (Å²) in [5, 5.41) is 14.5. The van der Waals surface area contributed by atoms with Gasteiger partial charge in [0.1, 0.15) is 17.7 Å². The number of hydrogen-bond donors (Lipinski definition) is 1. The molecule has 4 nitrogen and oxygen atoms in total. The quantitative estimate of drug-likeness (QED) is 0.879. The highest BCUT2D eigenvalue weighted by atomic mass is 32.1. The van der Waals surface area contributed by atoms with Crippen molar-refractivity contribution in [2.75, 3.05) is 0 Å². The smallest absolute Gasteiger partial charge is 0.221 e. The van der Waals surface area contributed by atoms with E-state index >= 15 is 0 Å². The third-order valence-corrected chi connectivity index (χ3v) is 4.03. The fraction of sp³-hybridized carbons (Fsp3) is 0.312. The molecular formula is C16H15F2N3OS. The predicted molar refractivity (Wildman–Crippen MR) is 82.6 cm³/mol. The molecule has 120 valence electrons. The summed E-state index contributed by atoms with van der Waals surface area (Å²) in [4.78, 5) is 16.2. The second-order valence-corrected chi connectivity index (χ2v) is 6.07. The van der Waals surface area contributed by atoms with Gasteiger partial charge in [-0.1, -0.05) is 6.07 Å². The first kappa shape index (κ1) is 17.0. The number of nitriles is 1. The zero-order valence-electron chi connectivity index (χ0n) is 12.5. The van der Waals surface area contributed by atoms with E-state index in [4.69, 9.17) is 5.26 Å². The lowest BCUT2D eigenvalue weighted by molar-refractivity contribution is -0.121. The molecular weight excluding hydrogens is 320 g/mol. The van der Waals surface area contributed by atoms with Crippen molar-refractivity contribution in [2.45, 2.75) is 32.2 Å². The van der Waals surface area contributed by atoms with Gasteiger partial charge in [0.2, 0.25) is 5.91 Å². The first-order valence-corrected chi connectivity index (χ1v) is 7.92. The van der Waals surface area contributed by atoms with E-state index in [1.165, 1.54) is 0 Å². The first-order chi connectivity index (χ1) is 11.0. The molecule has 2 aromatic rings. The Balaban J connectivity index is 1.88. The molecule has 0 bridgehead atoms. The number of benzene rings is 1. The molecule has 0 aliphatic heterocycles. The average Bonchev–Trinajstić information content (AvgIpc) is 2.91. The van der Waals surface area contributed by atoms with E-state index in [-0.39, 0.29) is 17.9 Å². The van der Waals surface area contributed by atoms with Crippen LogP contribution in [0, 0.1) is 29.9 Å². The number of hydrogen-bond acceptors (Lipinski definition) is 4. The van der Waals surface area contributed by atoms with Gasteiger partial charge in [0.15, 0.2) is 0 Å². The highest BCUT2D eigenvalue weighted by molar-refractivity contribution is 7.09. The predicted octanol–water partition coefficient (Wildman–Crippen LogP) is 3.43. The maximum Gasteiger partial charge on any atom is 0.221 e. The lowest BCUT2D eigenvalue weighted by atomic mass is 10.1. The van der Waals surface area contributed by atoms with Crippen molar-refractivity contribution in [3.63, 3.8) is 0 Å². The molecule has 0 saturated heterocycles. The van der Waals surface area contributed by atoms with E-state index in [1.807, 2.05) is 18.4 Å². The van der Waals surface area contributed by atoms with Gasteiger partial charge in [-0.3, -0.25) is 4.79 Å². The average molecular weight is 335 g/mol. The van der Waals surface area contributed by atoms with Crippen LogP contribution in [-0.4, -0.2) is 10.9 Å². The van der Waals surface area contributed by atoms with E-state index in [1.54, 1.807) is 11.3 Å². The highest BCUT2D eigenvalue weighted by Crippen LogP contribution is 2.18. The van der Waals surface area contributed by atoms with Crippen LogP contribution in [-0.2, 0) is 11.2 Å². The van der Waals surface area contributed by atoms with Gasteiger partial charge in [-0.25, -0.2) is 13.8 Å². The minimum absolute atomic E-state index is 0.0441. The van der Waals surface area contributed by atoms with Crippen LogP contribution >= 0.6 is 11.3 Å². The highest BCUT2D eigenvalue weighted by Gasteiger charge is 2.18. The van der Waals surface area contributed by atoms with Gasteiger partial charge in [-0.05, 0) is 25.8 Å². The number of rotatable bonds is 6. The molecule has 1 amide bonds. The van der Waals surface area contributed by atoms with Crippen molar-refractivity contribution in [3.05, 3.63) is 51.5 Å². The SMILES string of the molecule is Cc1nc(CCCC(=O)N[C@@H](C#N)c2ccc(F)cc2F)cs1. The molecule has 1 atom stereocenters. The van der Waals surface area contributed by atoms with Crippen LogP contribution in [0.25, 0.3) is 0 Å². The summed E-state index contributed by atoms with van der Waals surface area (Å²) < 4.78 is 26.6. The Hall–Kier alpha value is -2.33. The van der Waals surface area contributed by atoms with Gasteiger partial charge < -0.3 is 5.32 Å². The minimum atomic E-state index is -1.13. The number of carbonyl (C=O) groups is 1. The molecule has 0 aliphatic carbocycles. The fourth-order valence-electron chi connectivity index (χ4n) is 2.10. The summed E-state index contributed by atoms with van der Waals surface area (Å²) in [5.74, 6) is -1.94. The van der Waals surface area contributed by atoms with Crippen molar-refractivity contribution < 1.29 is 13.6 Å². The van der Waals surface area contributed by atoms with Gasteiger partial charge in [0, 0.05) is 23.4 Å². The van der Waals surface area contributed by atoms with Crippen LogP contribution in [0.4, 0.5) is 8.78 Å². The Kier molecular flexibility index (Phi) is 5.77. The minimum Gasteiger partial charge on any atom is -0.337 e. The van der Waals surface area contributed by atoms with E-state index in [2.05, 4.69) is 10.3 Å². The lowest BCUT2D eigenvalue weighted by Gasteiger charge is -2.12. The number of carbonyl (C=O) groups excluding carboxylic acids is 1. The Morgan fingerprint density at radius 1 is 1.48 bits per heavy atom. The van der Waals surface area contributed by atoms with Gasteiger partial charge in [-0.15, -0.1) is 11.3 Å². The number of thiazole rings is 1. The topological polar surface area (TPSA) is 65.8 Å². The molecule has 1 heterocycles. The fourth-order valence-corrected chi connectivity index (χ4v) is 2.75. The largest absolute Gasteiger partial charge is 0.337 e. The Bertz CT molecular complexity index is 739. The van der Waals surface area contributed by atoms with Crippen LogP contribution in [0.5, 0.6) is 0 Å². The van der Waals surface area contributed by atoms with Crippen molar-refractivity contribution in [3.8, 4) is 6.07 Å². The second-order valence-electron chi connectivity index (χ2n) is 5.01. The second kappa shape index (κ2) is 7.79. The number of nitrogens with one attached hydrogen (secondary N) is 1. The molecule has 0 unspecified atom stereocenters. The zero-order chi connectivity index (χ0) is 16.8. The monoisotopic (exact) mass is 335 g/mol. The molecule has 7 heteroatoms. The molecule has 0 saturated carbocycles. The number of nitrogens with zero attached hydrogens (tertiary/aromatic N) is 2. The van der Waals surface area contributed by atoms with Crippen LogP contribution in [0.3, 0.4) is 0 Å². The van der Waals surface area contributed by atoms with Gasteiger partial charge in [0.05, 0.1) is 16.8 Å². The van der Waals surface area contributed by atoms with E-state index in [0.717, 1.165) is 22.8 Å². The summed E-state index contributed by atoms with van der Waals surface area (Å²) in [6.07, 6.45) is 1.45. The summed E-state index contributed by atoms with van der Waals surface area (Å²) in [5.41, 5.74) is 0.888. The Labute approximate surface area is 136 Å². The molecule has 1 aromatic heterocycles. The number of aryl methyl sites for hydroxylation is 2. The van der Waals surface area contributed by atoms with Crippen LogP contribution in [0.2, 0.25) is 0 Å². The molecule has 2 rings (SSSR count). The van der Waals surface area contributed by atoms with Crippen LogP contribution in [0.1, 0.15) is 35.1 Å². The first-order valence-electron chi connectivity index (χ1n) is 7.04. The van der Waals surface area contributed by atoms with Crippen LogP contribution in [0.15, 0.2) is 23.6 Å². The summed E-state index contributed by atoms with van der Waals surface area (Å²) in [6.45, 7) is 1.91. The molecule has 0 spiro atoms. The van der Waals surface area contributed by atoms with Crippen molar-refractivity contribution in [2.24, 2.45) is 0 Å². The third-order valence-electron chi connectivity index (χ3n) is 3.21. The summed E-state index contributed by atoms with van der Waals surface area (Å²) in [6, 6.07) is 3.59. The lowest BCUT2D eigenvalue weighted by Crippen LogP contribution is -2.28. The standard InChI is InChI=1S/C16H15F2N3OS/c1-10-20-12(9-23-10)3-2-4-16(22)21-15(8-19)13-6-5-11(17)7-14(13)18/h5-7,9,15H,2-4H2,1H3,(H,21,22)/t15-/m0/s1. The summed E-state index contributed by atoms with van der Waals surface area (Å²) >= 11 is 1.55. The van der Waals surface area contributed by atoms with E-state index in [0.29, 0.717) is 18.9 Å². The normalized spacial score (nSPS) is 11.7.